The lowest BCUT2D eigenvalue weighted by atomic mass is 9.84. The number of amides is 1. The molecule has 126 valence electrons. The van der Waals surface area contributed by atoms with E-state index in [1.54, 1.807) is 18.7 Å². The lowest BCUT2D eigenvalue weighted by Crippen LogP contribution is -2.67. The first kappa shape index (κ1) is 17.2. The summed E-state index contributed by atoms with van der Waals surface area (Å²) in [5.74, 6) is -2.25. The van der Waals surface area contributed by atoms with Crippen LogP contribution in [0.4, 0.5) is 0 Å². The molecule has 2 aliphatic heterocycles. The van der Waals surface area contributed by atoms with Crippen LogP contribution in [0, 0.1) is 0 Å². The van der Waals surface area contributed by atoms with E-state index >= 15 is 0 Å². The fourth-order valence-electron chi connectivity index (χ4n) is 3.72. The van der Waals surface area contributed by atoms with Crippen LogP contribution < -0.4 is 5.73 Å². The van der Waals surface area contributed by atoms with Crippen molar-refractivity contribution in [3.05, 3.63) is 0 Å². The Morgan fingerprint density at radius 1 is 1.45 bits per heavy atom. The molecule has 3 atom stereocenters. The number of carbonyl (C=O) groups excluding carboxylic acids is 1. The maximum atomic E-state index is 12.4. The Balaban J connectivity index is 2.41. The zero-order valence-corrected chi connectivity index (χ0v) is 13.5. The van der Waals surface area contributed by atoms with Gasteiger partial charge in [-0.25, -0.2) is 0 Å². The summed E-state index contributed by atoms with van der Waals surface area (Å²) >= 11 is 0. The summed E-state index contributed by atoms with van der Waals surface area (Å²) in [4.78, 5) is 25.7. The standard InChI is InChI=1S/C15H26N2O5/c1-4-7-15(13(16)20,11-9-21-14(2,3)22-11)17-8-5-6-10(17)12(18)19/h10-11H,4-9H2,1-3H3,(H2,16,20)(H,18,19). The molecule has 2 heterocycles. The van der Waals surface area contributed by atoms with Gasteiger partial charge in [0.15, 0.2) is 5.79 Å². The van der Waals surface area contributed by atoms with E-state index in [0.717, 1.165) is 6.42 Å². The van der Waals surface area contributed by atoms with Crippen LogP contribution in [0.25, 0.3) is 0 Å². The summed E-state index contributed by atoms with van der Waals surface area (Å²) in [5, 5.41) is 9.48. The van der Waals surface area contributed by atoms with E-state index in [9.17, 15) is 14.7 Å². The van der Waals surface area contributed by atoms with Gasteiger partial charge in [-0.15, -0.1) is 0 Å². The fraction of sp³-hybridized carbons (Fsp3) is 0.867. The number of nitrogens with two attached hydrogens (primary N) is 1. The molecule has 0 spiro atoms. The molecule has 0 aromatic carbocycles. The van der Waals surface area contributed by atoms with E-state index in [4.69, 9.17) is 15.2 Å². The number of likely N-dealkylation sites (tertiary alicyclic amines) is 1. The molecule has 2 fully saturated rings. The maximum absolute atomic E-state index is 12.4. The van der Waals surface area contributed by atoms with Crippen molar-refractivity contribution in [2.24, 2.45) is 5.73 Å². The first-order chi connectivity index (χ1) is 10.2. The average molecular weight is 314 g/mol. The summed E-state index contributed by atoms with van der Waals surface area (Å²) in [7, 11) is 0. The van der Waals surface area contributed by atoms with Gasteiger partial charge in [0.2, 0.25) is 5.91 Å². The van der Waals surface area contributed by atoms with Crippen molar-refractivity contribution < 1.29 is 24.2 Å². The van der Waals surface area contributed by atoms with E-state index in [0.29, 0.717) is 25.8 Å². The molecule has 0 radical (unpaired) electrons. The van der Waals surface area contributed by atoms with Crippen molar-refractivity contribution in [2.45, 2.75) is 69.9 Å². The fourth-order valence-corrected chi connectivity index (χ4v) is 3.72. The minimum absolute atomic E-state index is 0.235. The number of carboxylic acids is 1. The number of nitrogens with zero attached hydrogens (tertiary/aromatic N) is 1. The van der Waals surface area contributed by atoms with E-state index in [-0.39, 0.29) is 6.61 Å². The number of rotatable bonds is 6. The molecule has 2 rings (SSSR count). The Morgan fingerprint density at radius 2 is 2.14 bits per heavy atom. The Bertz CT molecular complexity index is 453. The van der Waals surface area contributed by atoms with Crippen LogP contribution in [-0.2, 0) is 19.1 Å². The number of ether oxygens (including phenoxy) is 2. The zero-order valence-electron chi connectivity index (χ0n) is 13.5. The molecule has 0 saturated carbocycles. The zero-order chi connectivity index (χ0) is 16.5. The van der Waals surface area contributed by atoms with Gasteiger partial charge >= 0.3 is 5.97 Å². The van der Waals surface area contributed by atoms with Gasteiger partial charge in [-0.2, -0.15) is 0 Å². The topological polar surface area (TPSA) is 102 Å². The van der Waals surface area contributed by atoms with Gasteiger partial charge in [0.25, 0.3) is 0 Å². The van der Waals surface area contributed by atoms with Gasteiger partial charge in [0.1, 0.15) is 17.7 Å². The highest BCUT2D eigenvalue weighted by atomic mass is 16.7. The minimum atomic E-state index is -1.14. The third kappa shape index (κ3) is 2.85. The second-order valence-corrected chi connectivity index (χ2v) is 6.55. The monoisotopic (exact) mass is 314 g/mol. The summed E-state index contributed by atoms with van der Waals surface area (Å²) in [5.41, 5.74) is 4.62. The second kappa shape index (κ2) is 6.14. The van der Waals surface area contributed by atoms with Crippen molar-refractivity contribution in [1.82, 2.24) is 4.90 Å². The van der Waals surface area contributed by atoms with Crippen molar-refractivity contribution in [2.75, 3.05) is 13.2 Å². The van der Waals surface area contributed by atoms with E-state index in [2.05, 4.69) is 0 Å². The Morgan fingerprint density at radius 3 is 2.59 bits per heavy atom. The van der Waals surface area contributed by atoms with Gasteiger partial charge in [-0.3, -0.25) is 14.5 Å². The van der Waals surface area contributed by atoms with Gasteiger partial charge in [0.05, 0.1) is 6.61 Å². The lowest BCUT2D eigenvalue weighted by molar-refractivity contribution is -0.171. The number of hydrogen-bond donors (Lipinski definition) is 2. The van der Waals surface area contributed by atoms with Crippen LogP contribution in [-0.4, -0.2) is 58.5 Å². The summed E-state index contributed by atoms with van der Waals surface area (Å²) in [6.07, 6.45) is 1.85. The molecule has 2 aliphatic rings. The number of hydrogen-bond acceptors (Lipinski definition) is 5. The van der Waals surface area contributed by atoms with Crippen LogP contribution in [0.1, 0.15) is 46.5 Å². The van der Waals surface area contributed by atoms with E-state index in [1.807, 2.05) is 6.92 Å². The summed E-state index contributed by atoms with van der Waals surface area (Å²) < 4.78 is 11.5. The Labute approximate surface area is 130 Å². The van der Waals surface area contributed by atoms with Crippen LogP contribution in [0.2, 0.25) is 0 Å². The van der Waals surface area contributed by atoms with E-state index in [1.165, 1.54) is 0 Å². The van der Waals surface area contributed by atoms with Crippen molar-refractivity contribution in [1.29, 1.82) is 0 Å². The van der Waals surface area contributed by atoms with Crippen LogP contribution >= 0.6 is 0 Å². The van der Waals surface area contributed by atoms with Crippen LogP contribution in [0.15, 0.2) is 0 Å². The average Bonchev–Trinajstić information content (AvgIpc) is 3.02. The second-order valence-electron chi connectivity index (χ2n) is 6.55. The third-order valence-electron chi connectivity index (χ3n) is 4.65. The molecule has 22 heavy (non-hydrogen) atoms. The highest BCUT2D eigenvalue weighted by Crippen LogP contribution is 2.39. The minimum Gasteiger partial charge on any atom is -0.480 e. The van der Waals surface area contributed by atoms with Gasteiger partial charge in [-0.1, -0.05) is 13.3 Å². The highest BCUT2D eigenvalue weighted by molar-refractivity contribution is 5.87. The summed E-state index contributed by atoms with van der Waals surface area (Å²) in [6, 6.07) is -0.702. The maximum Gasteiger partial charge on any atom is 0.320 e. The Kier molecular flexibility index (Phi) is 4.79. The number of carboxylic acid groups (broad SMARTS) is 1. The number of carbonyl (C=O) groups is 2. The molecule has 0 bridgehead atoms. The van der Waals surface area contributed by atoms with Crippen molar-refractivity contribution in [3.63, 3.8) is 0 Å². The molecule has 1 amide bonds. The molecule has 7 heteroatoms. The summed E-state index contributed by atoms with van der Waals surface area (Å²) in [6.45, 7) is 6.27. The molecule has 2 saturated heterocycles. The predicted molar refractivity (Wildman–Crippen MR) is 79.1 cm³/mol. The van der Waals surface area contributed by atoms with Gasteiger partial charge < -0.3 is 20.3 Å². The normalized spacial score (nSPS) is 31.0. The lowest BCUT2D eigenvalue weighted by Gasteiger charge is -2.44. The van der Waals surface area contributed by atoms with Gasteiger partial charge in [0, 0.05) is 6.54 Å². The van der Waals surface area contributed by atoms with Crippen molar-refractivity contribution in [3.8, 4) is 0 Å². The van der Waals surface area contributed by atoms with Crippen LogP contribution in [0.3, 0.4) is 0 Å². The molecule has 3 unspecified atom stereocenters. The first-order valence-electron chi connectivity index (χ1n) is 7.86. The molecule has 0 aromatic rings. The predicted octanol–water partition coefficient (Wildman–Crippen LogP) is 0.711. The van der Waals surface area contributed by atoms with Gasteiger partial charge in [-0.05, 0) is 33.1 Å². The van der Waals surface area contributed by atoms with Crippen molar-refractivity contribution >= 4 is 11.9 Å². The molecule has 7 nitrogen and oxygen atoms in total. The van der Waals surface area contributed by atoms with Crippen LogP contribution in [0.5, 0.6) is 0 Å². The Hall–Kier alpha value is -1.18. The smallest absolute Gasteiger partial charge is 0.320 e. The van der Waals surface area contributed by atoms with E-state index < -0.39 is 35.3 Å². The molecule has 0 aromatic heterocycles. The first-order valence-corrected chi connectivity index (χ1v) is 7.86. The highest BCUT2D eigenvalue weighted by Gasteiger charge is 2.57. The molecular formula is C15H26N2O5. The molecular weight excluding hydrogens is 288 g/mol. The quantitative estimate of drug-likeness (QED) is 0.748. The number of aliphatic carboxylic acids is 1. The SMILES string of the molecule is CCCC(C(N)=O)(C1COC(C)(C)O1)N1CCCC1C(=O)O. The number of primary amides is 1. The molecule has 0 aliphatic carbocycles. The molecule has 3 N–H and O–H groups in total. The third-order valence-corrected chi connectivity index (χ3v) is 4.65. The largest absolute Gasteiger partial charge is 0.480 e.